The highest BCUT2D eigenvalue weighted by atomic mass is 35.5. The topological polar surface area (TPSA) is 47.9 Å². The molecule has 31 heavy (non-hydrogen) atoms. The fourth-order valence-corrected chi connectivity index (χ4v) is 4.16. The van der Waals surface area contributed by atoms with E-state index in [4.69, 9.17) is 5.41 Å². The van der Waals surface area contributed by atoms with Crippen LogP contribution >= 0.6 is 12.4 Å². The van der Waals surface area contributed by atoms with Gasteiger partial charge in [0, 0.05) is 11.1 Å². The molecule has 5 rings (SSSR count). The third-order valence-corrected chi connectivity index (χ3v) is 5.61. The molecular formula is C27H24ClN3. The van der Waals surface area contributed by atoms with Crippen molar-refractivity contribution < 1.29 is 0 Å². The maximum absolute atomic E-state index is 8.63. The second kappa shape index (κ2) is 9.07. The van der Waals surface area contributed by atoms with Gasteiger partial charge in [-0.25, -0.2) is 0 Å². The summed E-state index contributed by atoms with van der Waals surface area (Å²) in [6, 6.07) is 31.2. The molecule has 0 radical (unpaired) electrons. The fourth-order valence-electron chi connectivity index (χ4n) is 4.16. The van der Waals surface area contributed by atoms with Gasteiger partial charge in [0.1, 0.15) is 0 Å². The van der Waals surface area contributed by atoms with Crippen LogP contribution in [0.1, 0.15) is 28.3 Å². The van der Waals surface area contributed by atoms with Crippen LogP contribution in [-0.2, 0) is 6.42 Å². The molecule has 1 atom stereocenters. The van der Waals surface area contributed by atoms with E-state index in [0.717, 1.165) is 23.1 Å². The van der Waals surface area contributed by atoms with E-state index in [-0.39, 0.29) is 18.4 Å². The zero-order chi connectivity index (χ0) is 20.3. The van der Waals surface area contributed by atoms with Crippen molar-refractivity contribution in [3.8, 4) is 0 Å². The standard InChI is InChI=1S/C27H23N3.ClH/c28-27(29-24-17-16-22-15-14-21-12-7-13-23(24)26(21)22)30-25(20-10-5-2-6-11-20)18-19-8-3-1-4-9-19;/h1-17,25H,18H2,(H3,28,29,30);1H. The van der Waals surface area contributed by atoms with E-state index >= 15 is 0 Å². The smallest absolute Gasteiger partial charge is 0.193 e. The van der Waals surface area contributed by atoms with Gasteiger partial charge < -0.3 is 10.6 Å². The van der Waals surface area contributed by atoms with E-state index in [1.807, 2.05) is 24.3 Å². The lowest BCUT2D eigenvalue weighted by Gasteiger charge is -2.22. The molecule has 0 amide bonds. The van der Waals surface area contributed by atoms with Gasteiger partial charge in [-0.05, 0) is 40.1 Å². The van der Waals surface area contributed by atoms with Crippen molar-refractivity contribution in [1.82, 2.24) is 5.32 Å². The van der Waals surface area contributed by atoms with E-state index < -0.39 is 0 Å². The van der Waals surface area contributed by atoms with E-state index in [1.54, 1.807) is 0 Å². The van der Waals surface area contributed by atoms with Gasteiger partial charge in [0.2, 0.25) is 0 Å². The van der Waals surface area contributed by atoms with Crippen molar-refractivity contribution in [3.05, 3.63) is 113 Å². The number of hydrogen-bond donors (Lipinski definition) is 3. The van der Waals surface area contributed by atoms with Crippen molar-refractivity contribution in [1.29, 1.82) is 5.41 Å². The van der Waals surface area contributed by atoms with Gasteiger partial charge in [0.25, 0.3) is 0 Å². The van der Waals surface area contributed by atoms with E-state index in [2.05, 4.69) is 89.5 Å². The summed E-state index contributed by atoms with van der Waals surface area (Å²) in [5.74, 6) is 0.298. The van der Waals surface area contributed by atoms with Crippen LogP contribution in [0.15, 0.2) is 91.0 Å². The Morgan fingerprint density at radius 1 is 0.742 bits per heavy atom. The van der Waals surface area contributed by atoms with E-state index in [9.17, 15) is 0 Å². The lowest BCUT2D eigenvalue weighted by Crippen LogP contribution is -2.34. The van der Waals surface area contributed by atoms with Crippen LogP contribution in [-0.4, -0.2) is 5.96 Å². The Labute approximate surface area is 188 Å². The number of benzene rings is 4. The van der Waals surface area contributed by atoms with Crippen LogP contribution in [0, 0.1) is 5.41 Å². The predicted octanol–water partition coefficient (Wildman–Crippen LogP) is 6.67. The molecule has 0 fully saturated rings. The van der Waals surface area contributed by atoms with Gasteiger partial charge in [-0.3, -0.25) is 5.41 Å². The molecule has 3 N–H and O–H groups in total. The Kier molecular flexibility index (Phi) is 6.06. The van der Waals surface area contributed by atoms with Crippen molar-refractivity contribution in [3.63, 3.8) is 0 Å². The number of nitrogens with one attached hydrogen (secondary N) is 3. The highest BCUT2D eigenvalue weighted by Gasteiger charge is 2.16. The summed E-state index contributed by atoms with van der Waals surface area (Å²) < 4.78 is 0. The van der Waals surface area contributed by atoms with Crippen molar-refractivity contribution in [2.75, 3.05) is 5.32 Å². The third kappa shape index (κ3) is 4.32. The monoisotopic (exact) mass is 425 g/mol. The van der Waals surface area contributed by atoms with Gasteiger partial charge in [-0.15, -0.1) is 12.4 Å². The Bertz CT molecular complexity index is 1220. The van der Waals surface area contributed by atoms with Crippen molar-refractivity contribution >= 4 is 47.0 Å². The normalized spacial score (nSPS) is 12.3. The van der Waals surface area contributed by atoms with Gasteiger partial charge in [-0.2, -0.15) is 0 Å². The summed E-state index contributed by atoms with van der Waals surface area (Å²) in [5, 5.41) is 17.7. The first kappa shape index (κ1) is 20.7. The molecule has 0 saturated heterocycles. The van der Waals surface area contributed by atoms with Crippen LogP contribution in [0.5, 0.6) is 0 Å². The maximum Gasteiger partial charge on any atom is 0.193 e. The SMILES string of the molecule is Cl.N=C(Nc1ccc2c3c(cccc13)C=C2)NC(Cc1ccccc1)c1ccccc1. The minimum absolute atomic E-state index is 0. The van der Waals surface area contributed by atoms with Crippen LogP contribution < -0.4 is 10.6 Å². The zero-order valence-electron chi connectivity index (χ0n) is 17.0. The predicted molar refractivity (Wildman–Crippen MR) is 134 cm³/mol. The van der Waals surface area contributed by atoms with Crippen molar-refractivity contribution in [2.24, 2.45) is 0 Å². The van der Waals surface area contributed by atoms with Crippen molar-refractivity contribution in [2.45, 2.75) is 12.5 Å². The van der Waals surface area contributed by atoms with E-state index in [1.165, 1.54) is 22.1 Å². The minimum Gasteiger partial charge on any atom is -0.349 e. The molecule has 3 nitrogen and oxygen atoms in total. The molecular weight excluding hydrogens is 402 g/mol. The Balaban J connectivity index is 0.00000231. The number of anilines is 1. The minimum atomic E-state index is 0. The Morgan fingerprint density at radius 3 is 2.16 bits per heavy atom. The maximum atomic E-state index is 8.63. The van der Waals surface area contributed by atoms with Gasteiger partial charge in [-0.1, -0.05) is 97.1 Å². The van der Waals surface area contributed by atoms with Crippen LogP contribution in [0.2, 0.25) is 0 Å². The molecule has 4 aromatic rings. The third-order valence-electron chi connectivity index (χ3n) is 5.61. The summed E-state index contributed by atoms with van der Waals surface area (Å²) >= 11 is 0. The van der Waals surface area contributed by atoms with Crippen LogP contribution in [0.25, 0.3) is 22.9 Å². The summed E-state index contributed by atoms with van der Waals surface area (Å²) in [5.41, 5.74) is 5.82. The molecule has 0 aliphatic heterocycles. The molecule has 0 spiro atoms. The summed E-state index contributed by atoms with van der Waals surface area (Å²) in [4.78, 5) is 0. The second-order valence-electron chi connectivity index (χ2n) is 7.60. The molecule has 0 saturated carbocycles. The van der Waals surface area contributed by atoms with E-state index in [0.29, 0.717) is 5.96 Å². The fraction of sp³-hybridized carbons (Fsp3) is 0.0741. The zero-order valence-corrected chi connectivity index (χ0v) is 17.8. The number of halogens is 1. The lowest BCUT2D eigenvalue weighted by atomic mass is 9.99. The second-order valence-corrected chi connectivity index (χ2v) is 7.60. The molecule has 4 heteroatoms. The summed E-state index contributed by atoms with van der Waals surface area (Å²) in [7, 11) is 0. The van der Waals surface area contributed by atoms with Gasteiger partial charge in [0.15, 0.2) is 5.96 Å². The first-order chi connectivity index (χ1) is 14.8. The Morgan fingerprint density at radius 2 is 1.42 bits per heavy atom. The van der Waals surface area contributed by atoms with Crippen LogP contribution in [0.4, 0.5) is 5.69 Å². The largest absolute Gasteiger partial charge is 0.349 e. The summed E-state index contributed by atoms with van der Waals surface area (Å²) in [6.45, 7) is 0. The molecule has 0 bridgehead atoms. The highest BCUT2D eigenvalue weighted by molar-refractivity contribution is 6.11. The number of guanidine groups is 1. The molecule has 1 aliphatic carbocycles. The molecule has 1 aliphatic rings. The average Bonchev–Trinajstić information content (AvgIpc) is 3.21. The Hall–Kier alpha value is -3.56. The lowest BCUT2D eigenvalue weighted by molar-refractivity contribution is 0.640. The number of hydrogen-bond acceptors (Lipinski definition) is 1. The van der Waals surface area contributed by atoms with Crippen LogP contribution in [0.3, 0.4) is 0 Å². The molecule has 0 aromatic heterocycles. The molecule has 0 heterocycles. The molecule has 4 aromatic carbocycles. The molecule has 154 valence electrons. The quantitative estimate of drug-likeness (QED) is 0.217. The first-order valence-corrected chi connectivity index (χ1v) is 10.2. The average molecular weight is 426 g/mol. The van der Waals surface area contributed by atoms with Gasteiger partial charge >= 0.3 is 0 Å². The highest BCUT2D eigenvalue weighted by Crippen LogP contribution is 2.35. The first-order valence-electron chi connectivity index (χ1n) is 10.2. The molecule has 1 unspecified atom stereocenters. The number of rotatable bonds is 5. The van der Waals surface area contributed by atoms with Gasteiger partial charge in [0.05, 0.1) is 6.04 Å². The summed E-state index contributed by atoms with van der Waals surface area (Å²) in [6.07, 6.45) is 5.11.